The summed E-state index contributed by atoms with van der Waals surface area (Å²) in [6.45, 7) is 3.96. The van der Waals surface area contributed by atoms with Crippen LogP contribution in [0.25, 0.3) is 5.69 Å². The van der Waals surface area contributed by atoms with E-state index in [1.54, 1.807) is 18.7 Å². The monoisotopic (exact) mass is 386 g/mol. The molecule has 0 aliphatic heterocycles. The lowest BCUT2D eigenvalue weighted by Gasteiger charge is -2.05. The Labute approximate surface area is 161 Å². The number of rotatable bonds is 8. The molecule has 0 saturated carbocycles. The summed E-state index contributed by atoms with van der Waals surface area (Å²) in [5.41, 5.74) is 1.65. The molecule has 0 unspecified atom stereocenters. The molecule has 3 rings (SSSR count). The van der Waals surface area contributed by atoms with Gasteiger partial charge in [0.15, 0.2) is 5.69 Å². The predicted octanol–water partition coefficient (Wildman–Crippen LogP) is 3.42. The van der Waals surface area contributed by atoms with Crippen LogP contribution in [-0.4, -0.2) is 38.2 Å². The average Bonchev–Trinajstić information content (AvgIpc) is 3.28. The normalized spacial score (nSPS) is 10.8. The van der Waals surface area contributed by atoms with Crippen molar-refractivity contribution in [1.29, 1.82) is 0 Å². The first kappa shape index (κ1) is 19.0. The first-order valence-electron chi connectivity index (χ1n) is 8.82. The number of hydrogen-bond acceptors (Lipinski definition) is 7. The molecule has 2 heterocycles. The Morgan fingerprint density at radius 2 is 2.11 bits per heavy atom. The highest BCUT2D eigenvalue weighted by Crippen LogP contribution is 2.20. The van der Waals surface area contributed by atoms with E-state index in [2.05, 4.69) is 32.7 Å². The highest BCUT2D eigenvalue weighted by atomic mass is 32.1. The lowest BCUT2D eigenvalue weighted by atomic mass is 10.2. The molecular formula is C18H22N6O2S. The van der Waals surface area contributed by atoms with Crippen LogP contribution in [0, 0.1) is 6.92 Å². The number of methoxy groups -OCH3 is 1. The van der Waals surface area contributed by atoms with E-state index in [1.165, 1.54) is 11.3 Å². The summed E-state index contributed by atoms with van der Waals surface area (Å²) < 4.78 is 6.84. The van der Waals surface area contributed by atoms with Crippen LogP contribution in [0.1, 0.15) is 47.4 Å². The number of unbranched alkanes of at least 4 members (excludes halogenated alkanes) is 2. The smallest absolute Gasteiger partial charge is 0.279 e. The molecule has 0 aliphatic rings. The fourth-order valence-electron chi connectivity index (χ4n) is 2.61. The molecule has 0 bridgehead atoms. The van der Waals surface area contributed by atoms with Gasteiger partial charge in [0.05, 0.1) is 18.5 Å². The molecule has 8 nitrogen and oxygen atoms in total. The third-order valence-corrected chi connectivity index (χ3v) is 4.99. The minimum absolute atomic E-state index is 0.251. The summed E-state index contributed by atoms with van der Waals surface area (Å²) in [7, 11) is 1.60. The molecule has 27 heavy (non-hydrogen) atoms. The third kappa shape index (κ3) is 4.48. The molecule has 1 aromatic carbocycles. The lowest BCUT2D eigenvalue weighted by Crippen LogP contribution is -2.14. The van der Waals surface area contributed by atoms with Crippen LogP contribution in [-0.2, 0) is 6.42 Å². The highest BCUT2D eigenvalue weighted by molar-refractivity contribution is 7.15. The Bertz CT molecular complexity index is 920. The van der Waals surface area contributed by atoms with Crippen LogP contribution in [0.3, 0.4) is 0 Å². The number of anilines is 1. The molecule has 1 amide bonds. The minimum atomic E-state index is -0.349. The highest BCUT2D eigenvalue weighted by Gasteiger charge is 2.19. The second-order valence-electron chi connectivity index (χ2n) is 6.05. The molecule has 0 aliphatic carbocycles. The number of aryl methyl sites for hydroxylation is 1. The van der Waals surface area contributed by atoms with Crippen molar-refractivity contribution in [2.45, 2.75) is 39.5 Å². The first-order valence-corrected chi connectivity index (χ1v) is 9.64. The van der Waals surface area contributed by atoms with E-state index in [0.717, 1.165) is 36.4 Å². The summed E-state index contributed by atoms with van der Waals surface area (Å²) in [5.74, 6) is 0.357. The molecule has 0 fully saturated rings. The summed E-state index contributed by atoms with van der Waals surface area (Å²) in [5, 5.41) is 20.5. The lowest BCUT2D eigenvalue weighted by molar-refractivity contribution is 0.102. The van der Waals surface area contributed by atoms with E-state index in [1.807, 2.05) is 24.3 Å². The average molecular weight is 386 g/mol. The standard InChI is InChI=1S/C18H22N6O2S/c1-4-5-6-10-15-20-22-18(27-15)19-17(25)16-12(2)24(23-21-16)13-8-7-9-14(11-13)26-3/h7-9,11H,4-6,10H2,1-3H3,(H,19,22,25). The van der Waals surface area contributed by atoms with Crippen molar-refractivity contribution >= 4 is 22.4 Å². The van der Waals surface area contributed by atoms with E-state index in [4.69, 9.17) is 4.74 Å². The number of nitrogens with one attached hydrogen (secondary N) is 1. The van der Waals surface area contributed by atoms with Crippen LogP contribution >= 0.6 is 11.3 Å². The van der Waals surface area contributed by atoms with Crippen molar-refractivity contribution in [3.05, 3.63) is 40.7 Å². The summed E-state index contributed by atoms with van der Waals surface area (Å²) in [4.78, 5) is 12.6. The Balaban J connectivity index is 1.71. The van der Waals surface area contributed by atoms with E-state index in [9.17, 15) is 4.79 Å². The van der Waals surface area contributed by atoms with Crippen LogP contribution in [0.15, 0.2) is 24.3 Å². The molecule has 0 radical (unpaired) electrons. The van der Waals surface area contributed by atoms with Crippen molar-refractivity contribution in [2.75, 3.05) is 12.4 Å². The van der Waals surface area contributed by atoms with Crippen molar-refractivity contribution in [3.8, 4) is 11.4 Å². The van der Waals surface area contributed by atoms with Crippen molar-refractivity contribution in [2.24, 2.45) is 0 Å². The number of aromatic nitrogens is 5. The number of amides is 1. The number of benzene rings is 1. The van der Waals surface area contributed by atoms with Gasteiger partial charge in [0, 0.05) is 12.5 Å². The second-order valence-corrected chi connectivity index (χ2v) is 7.11. The van der Waals surface area contributed by atoms with Gasteiger partial charge in [0.1, 0.15) is 10.8 Å². The Hall–Kier alpha value is -2.81. The van der Waals surface area contributed by atoms with Gasteiger partial charge < -0.3 is 4.74 Å². The van der Waals surface area contributed by atoms with Gasteiger partial charge in [-0.1, -0.05) is 42.4 Å². The number of ether oxygens (including phenoxy) is 1. The van der Waals surface area contributed by atoms with Crippen LogP contribution in [0.4, 0.5) is 5.13 Å². The maximum absolute atomic E-state index is 12.6. The Kier molecular flexibility index (Phi) is 6.12. The maximum Gasteiger partial charge on any atom is 0.279 e. The van der Waals surface area contributed by atoms with Crippen molar-refractivity contribution < 1.29 is 9.53 Å². The van der Waals surface area contributed by atoms with Crippen LogP contribution < -0.4 is 10.1 Å². The minimum Gasteiger partial charge on any atom is -0.497 e. The molecular weight excluding hydrogens is 364 g/mol. The molecule has 0 spiro atoms. The predicted molar refractivity (Wildman–Crippen MR) is 104 cm³/mol. The van der Waals surface area contributed by atoms with Crippen molar-refractivity contribution in [3.63, 3.8) is 0 Å². The first-order chi connectivity index (χ1) is 13.1. The molecule has 0 atom stereocenters. The molecule has 9 heteroatoms. The summed E-state index contributed by atoms with van der Waals surface area (Å²) >= 11 is 1.39. The Morgan fingerprint density at radius 1 is 1.26 bits per heavy atom. The van der Waals surface area contributed by atoms with Gasteiger partial charge in [-0.05, 0) is 25.5 Å². The number of nitrogens with zero attached hydrogens (tertiary/aromatic N) is 5. The topological polar surface area (TPSA) is 94.8 Å². The number of carbonyl (C=O) groups is 1. The van der Waals surface area contributed by atoms with Gasteiger partial charge in [-0.2, -0.15) is 0 Å². The summed E-state index contributed by atoms with van der Waals surface area (Å²) in [6, 6.07) is 7.41. The van der Waals surface area contributed by atoms with E-state index >= 15 is 0 Å². The zero-order chi connectivity index (χ0) is 19.2. The Morgan fingerprint density at radius 3 is 2.89 bits per heavy atom. The zero-order valence-corrected chi connectivity index (χ0v) is 16.4. The van der Waals surface area contributed by atoms with Gasteiger partial charge >= 0.3 is 0 Å². The molecule has 3 aromatic rings. The number of carbonyl (C=O) groups excluding carboxylic acids is 1. The summed E-state index contributed by atoms with van der Waals surface area (Å²) in [6.07, 6.45) is 4.28. The molecule has 142 valence electrons. The second kappa shape index (κ2) is 8.72. The van der Waals surface area contributed by atoms with Gasteiger partial charge in [0.2, 0.25) is 5.13 Å². The number of hydrogen-bond donors (Lipinski definition) is 1. The van der Waals surface area contributed by atoms with E-state index < -0.39 is 0 Å². The zero-order valence-electron chi connectivity index (χ0n) is 15.6. The molecule has 1 N–H and O–H groups in total. The van der Waals surface area contributed by atoms with Gasteiger partial charge in [-0.15, -0.1) is 15.3 Å². The van der Waals surface area contributed by atoms with Crippen molar-refractivity contribution in [1.82, 2.24) is 25.2 Å². The van der Waals surface area contributed by atoms with Crippen LogP contribution in [0.5, 0.6) is 5.75 Å². The fraction of sp³-hybridized carbons (Fsp3) is 0.389. The van der Waals surface area contributed by atoms with E-state index in [0.29, 0.717) is 16.6 Å². The van der Waals surface area contributed by atoms with Gasteiger partial charge in [-0.25, -0.2) is 4.68 Å². The van der Waals surface area contributed by atoms with E-state index in [-0.39, 0.29) is 11.6 Å². The third-order valence-electron chi connectivity index (χ3n) is 4.09. The molecule has 0 saturated heterocycles. The fourth-order valence-corrected chi connectivity index (χ4v) is 3.39. The van der Waals surface area contributed by atoms with Gasteiger partial charge in [-0.3, -0.25) is 10.1 Å². The maximum atomic E-state index is 12.6. The van der Waals surface area contributed by atoms with Crippen LogP contribution in [0.2, 0.25) is 0 Å². The quantitative estimate of drug-likeness (QED) is 0.596. The molecule has 2 aromatic heterocycles. The van der Waals surface area contributed by atoms with Gasteiger partial charge in [0.25, 0.3) is 5.91 Å². The SMILES string of the molecule is CCCCCc1nnc(NC(=O)c2nnn(-c3cccc(OC)c3)c2C)s1. The largest absolute Gasteiger partial charge is 0.497 e.